The molecule has 0 heterocycles. The van der Waals surface area contributed by atoms with Crippen LogP contribution in [0.5, 0.6) is 0 Å². The summed E-state index contributed by atoms with van der Waals surface area (Å²) in [7, 11) is -3.50. The molecular weight excluding hydrogens is 278 g/mol. The molecule has 1 rings (SSSR count). The van der Waals surface area contributed by atoms with Crippen LogP contribution in [-0.2, 0) is 14.6 Å². The highest BCUT2D eigenvalue weighted by atomic mass is 32.2. The Bertz CT molecular complexity index is 649. The van der Waals surface area contributed by atoms with Gasteiger partial charge < -0.3 is 10.4 Å². The third-order valence-electron chi connectivity index (χ3n) is 2.93. The van der Waals surface area contributed by atoms with Crippen molar-refractivity contribution in [2.45, 2.75) is 18.6 Å². The second-order valence-electron chi connectivity index (χ2n) is 4.77. The molecular formula is C14H17NO4S. The monoisotopic (exact) mass is 295 g/mol. The van der Waals surface area contributed by atoms with Crippen molar-refractivity contribution < 1.29 is 18.3 Å². The fourth-order valence-corrected chi connectivity index (χ4v) is 1.62. The molecule has 5 nitrogen and oxygen atoms in total. The molecule has 0 saturated heterocycles. The molecule has 0 aromatic heterocycles. The van der Waals surface area contributed by atoms with Gasteiger partial charge in [0.05, 0.1) is 0 Å². The van der Waals surface area contributed by atoms with Gasteiger partial charge in [0.2, 0.25) is 5.91 Å². The predicted octanol–water partition coefficient (Wildman–Crippen LogP) is 0.792. The van der Waals surface area contributed by atoms with Gasteiger partial charge >= 0.3 is 0 Å². The van der Waals surface area contributed by atoms with E-state index in [9.17, 15) is 13.2 Å². The summed E-state index contributed by atoms with van der Waals surface area (Å²) >= 11 is 0. The molecule has 0 fully saturated rings. The zero-order chi connectivity index (χ0) is 15.4. The first kappa shape index (κ1) is 16.2. The summed E-state index contributed by atoms with van der Waals surface area (Å²) in [5.74, 6) is 4.64. The number of aliphatic hydroxyl groups is 1. The van der Waals surface area contributed by atoms with E-state index in [4.69, 9.17) is 5.11 Å². The first-order valence-electron chi connectivity index (χ1n) is 5.89. The maximum atomic E-state index is 12.0. The summed E-state index contributed by atoms with van der Waals surface area (Å²) in [6.45, 7) is 2.50. The van der Waals surface area contributed by atoms with E-state index in [2.05, 4.69) is 17.2 Å². The van der Waals surface area contributed by atoms with Crippen molar-refractivity contribution in [3.8, 4) is 11.8 Å². The molecule has 6 heteroatoms. The third kappa shape index (κ3) is 3.83. The minimum absolute atomic E-state index is 0.221. The maximum Gasteiger partial charge on any atom is 0.245 e. The van der Waals surface area contributed by atoms with Crippen LogP contribution in [0.15, 0.2) is 24.3 Å². The average Bonchev–Trinajstić information content (AvgIpc) is 2.36. The van der Waals surface area contributed by atoms with Crippen molar-refractivity contribution in [1.29, 1.82) is 0 Å². The third-order valence-corrected chi connectivity index (χ3v) is 4.97. The molecule has 0 unspecified atom stereocenters. The normalized spacial score (nSPS) is 11.4. The summed E-state index contributed by atoms with van der Waals surface area (Å²) in [5, 5.41) is 11.1. The summed E-state index contributed by atoms with van der Waals surface area (Å²) in [6.07, 6.45) is 1.03. The van der Waals surface area contributed by atoms with E-state index in [1.165, 1.54) is 13.8 Å². The number of carbonyl (C=O) groups is 1. The van der Waals surface area contributed by atoms with Crippen LogP contribution in [0.3, 0.4) is 0 Å². The van der Waals surface area contributed by atoms with Gasteiger partial charge in [-0.15, -0.1) is 0 Å². The molecule has 0 bridgehead atoms. The standard InChI is InChI=1S/C14H17NO4S/c1-14(2,20(3,18)19)13(17)15-12-8-6-11(7-9-12)5-4-10-16/h6-9,16H,10H2,1-3H3,(H,15,17). The summed E-state index contributed by atoms with van der Waals surface area (Å²) in [6, 6.07) is 6.59. The van der Waals surface area contributed by atoms with E-state index in [1.807, 2.05) is 0 Å². The fraction of sp³-hybridized carbons (Fsp3) is 0.357. The van der Waals surface area contributed by atoms with Crippen molar-refractivity contribution in [2.75, 3.05) is 18.2 Å². The zero-order valence-corrected chi connectivity index (χ0v) is 12.4. The number of anilines is 1. The Hall–Kier alpha value is -1.84. The number of sulfone groups is 1. The number of hydrogen-bond acceptors (Lipinski definition) is 4. The van der Waals surface area contributed by atoms with E-state index < -0.39 is 20.5 Å². The molecule has 0 aliphatic carbocycles. The molecule has 0 atom stereocenters. The van der Waals surface area contributed by atoms with E-state index >= 15 is 0 Å². The first-order valence-corrected chi connectivity index (χ1v) is 7.78. The van der Waals surface area contributed by atoms with Crippen molar-refractivity contribution in [1.82, 2.24) is 0 Å². The number of nitrogens with one attached hydrogen (secondary N) is 1. The van der Waals surface area contributed by atoms with Crippen molar-refractivity contribution in [3.05, 3.63) is 29.8 Å². The smallest absolute Gasteiger partial charge is 0.245 e. The van der Waals surface area contributed by atoms with Crippen LogP contribution in [0.25, 0.3) is 0 Å². The molecule has 1 aromatic rings. The molecule has 1 aromatic carbocycles. The Morgan fingerprint density at radius 2 is 1.85 bits per heavy atom. The lowest BCUT2D eigenvalue weighted by molar-refractivity contribution is -0.117. The van der Waals surface area contributed by atoms with Crippen molar-refractivity contribution in [3.63, 3.8) is 0 Å². The van der Waals surface area contributed by atoms with Crippen molar-refractivity contribution >= 4 is 21.4 Å². The number of amides is 1. The lowest BCUT2D eigenvalue weighted by Gasteiger charge is -2.21. The highest BCUT2D eigenvalue weighted by Gasteiger charge is 2.38. The van der Waals surface area contributed by atoms with Crippen LogP contribution in [-0.4, -0.2) is 37.0 Å². The van der Waals surface area contributed by atoms with E-state index in [1.54, 1.807) is 24.3 Å². The minimum Gasteiger partial charge on any atom is -0.384 e. The minimum atomic E-state index is -3.50. The van der Waals surface area contributed by atoms with Gasteiger partial charge in [-0.1, -0.05) is 11.8 Å². The first-order chi connectivity index (χ1) is 9.18. The molecule has 0 radical (unpaired) electrons. The van der Waals surface area contributed by atoms with Crippen LogP contribution in [0, 0.1) is 11.8 Å². The summed E-state index contributed by atoms with van der Waals surface area (Å²) in [4.78, 5) is 12.0. The van der Waals surface area contributed by atoms with Crippen molar-refractivity contribution in [2.24, 2.45) is 0 Å². The Morgan fingerprint density at radius 3 is 2.30 bits per heavy atom. The van der Waals surface area contributed by atoms with Crippen LogP contribution >= 0.6 is 0 Å². The van der Waals surface area contributed by atoms with E-state index in [0.29, 0.717) is 11.3 Å². The molecule has 0 aliphatic heterocycles. The Labute approximate surface area is 118 Å². The molecule has 0 spiro atoms. The number of carbonyl (C=O) groups excluding carboxylic acids is 1. The van der Waals surface area contributed by atoms with Gasteiger partial charge in [0.25, 0.3) is 0 Å². The Balaban J connectivity index is 2.87. The topological polar surface area (TPSA) is 83.5 Å². The second kappa shape index (κ2) is 6.07. The fourth-order valence-electron chi connectivity index (χ4n) is 1.23. The number of hydrogen-bond donors (Lipinski definition) is 2. The highest BCUT2D eigenvalue weighted by Crippen LogP contribution is 2.18. The average molecular weight is 295 g/mol. The van der Waals surface area contributed by atoms with Gasteiger partial charge in [0.1, 0.15) is 11.4 Å². The largest absolute Gasteiger partial charge is 0.384 e. The van der Waals surface area contributed by atoms with Gasteiger partial charge in [-0.3, -0.25) is 4.79 Å². The van der Waals surface area contributed by atoms with Gasteiger partial charge in [0.15, 0.2) is 9.84 Å². The Morgan fingerprint density at radius 1 is 1.30 bits per heavy atom. The number of rotatable bonds is 3. The SMILES string of the molecule is CC(C)(C(=O)Nc1ccc(C#CCO)cc1)S(C)(=O)=O. The zero-order valence-electron chi connectivity index (χ0n) is 11.6. The van der Waals surface area contributed by atoms with Gasteiger partial charge in [0, 0.05) is 17.5 Å². The van der Waals surface area contributed by atoms with Gasteiger partial charge in [-0.25, -0.2) is 8.42 Å². The van der Waals surface area contributed by atoms with Crippen LogP contribution < -0.4 is 5.32 Å². The molecule has 1 amide bonds. The van der Waals surface area contributed by atoms with E-state index in [0.717, 1.165) is 6.26 Å². The number of benzene rings is 1. The van der Waals surface area contributed by atoms with Crippen LogP contribution in [0.4, 0.5) is 5.69 Å². The molecule has 20 heavy (non-hydrogen) atoms. The summed E-state index contributed by atoms with van der Waals surface area (Å²) < 4.78 is 21.6. The molecule has 2 N–H and O–H groups in total. The molecule has 0 aliphatic rings. The van der Waals surface area contributed by atoms with E-state index in [-0.39, 0.29) is 6.61 Å². The second-order valence-corrected chi connectivity index (χ2v) is 7.34. The molecule has 0 saturated carbocycles. The van der Waals surface area contributed by atoms with Gasteiger partial charge in [-0.2, -0.15) is 0 Å². The summed E-state index contributed by atoms with van der Waals surface area (Å²) in [5.41, 5.74) is 1.18. The quantitative estimate of drug-likeness (QED) is 0.808. The van der Waals surface area contributed by atoms with Gasteiger partial charge in [-0.05, 0) is 38.1 Å². The van der Waals surface area contributed by atoms with Crippen LogP contribution in [0.2, 0.25) is 0 Å². The highest BCUT2D eigenvalue weighted by molar-refractivity contribution is 7.92. The lowest BCUT2D eigenvalue weighted by atomic mass is 10.1. The van der Waals surface area contributed by atoms with Crippen LogP contribution in [0.1, 0.15) is 19.4 Å². The lowest BCUT2D eigenvalue weighted by Crippen LogP contribution is -2.43. The Kier molecular flexibility index (Phi) is 4.93. The number of aliphatic hydroxyl groups excluding tert-OH is 1. The molecule has 108 valence electrons. The maximum absolute atomic E-state index is 12.0. The predicted molar refractivity (Wildman–Crippen MR) is 78.0 cm³/mol.